The first-order valence-corrected chi connectivity index (χ1v) is 4.00. The van der Waals surface area contributed by atoms with Crippen molar-refractivity contribution in [2.24, 2.45) is 0 Å². The molecule has 0 heterocycles. The first kappa shape index (κ1) is 9.41. The van der Waals surface area contributed by atoms with E-state index in [9.17, 15) is 4.79 Å². The Morgan fingerprint density at radius 1 is 1.50 bits per heavy atom. The number of carbonyl (C=O) groups excluding carboxylic acids is 1. The van der Waals surface area contributed by atoms with E-state index in [0.29, 0.717) is 0 Å². The zero-order chi connectivity index (χ0) is 7.82. The molecule has 10 heavy (non-hydrogen) atoms. The van der Waals surface area contributed by atoms with Crippen molar-refractivity contribution in [1.29, 1.82) is 0 Å². The summed E-state index contributed by atoms with van der Waals surface area (Å²) in [7, 11) is 0. The quantitative estimate of drug-likeness (QED) is 0.505. The van der Waals surface area contributed by atoms with Crippen molar-refractivity contribution < 1.29 is 4.79 Å². The molecule has 1 heteroatoms. The van der Waals surface area contributed by atoms with Crippen molar-refractivity contribution in [1.82, 2.24) is 0 Å². The van der Waals surface area contributed by atoms with Crippen LogP contribution in [0.25, 0.3) is 0 Å². The SMILES string of the molecule is CCC.O=C1C=CCCC1. The highest BCUT2D eigenvalue weighted by atomic mass is 16.1. The van der Waals surface area contributed by atoms with Gasteiger partial charge in [-0.1, -0.05) is 26.3 Å². The smallest absolute Gasteiger partial charge is 0.155 e. The lowest BCUT2D eigenvalue weighted by atomic mass is 10.1. The second-order valence-electron chi connectivity index (χ2n) is 2.47. The largest absolute Gasteiger partial charge is 0.295 e. The molecule has 0 aromatic rings. The highest BCUT2D eigenvalue weighted by Crippen LogP contribution is 2.04. The van der Waals surface area contributed by atoms with Crippen LogP contribution in [0.1, 0.15) is 39.5 Å². The molecule has 0 spiro atoms. The highest BCUT2D eigenvalue weighted by Gasteiger charge is 1.98. The summed E-state index contributed by atoms with van der Waals surface area (Å²) < 4.78 is 0. The molecule has 0 atom stereocenters. The predicted molar refractivity (Wildman–Crippen MR) is 44.0 cm³/mol. The van der Waals surface area contributed by atoms with Gasteiger partial charge >= 0.3 is 0 Å². The minimum atomic E-state index is 0.284. The Balaban J connectivity index is 0.000000236. The number of rotatable bonds is 0. The maximum absolute atomic E-state index is 10.4. The topological polar surface area (TPSA) is 17.1 Å². The maximum Gasteiger partial charge on any atom is 0.155 e. The molecule has 0 amide bonds. The number of allylic oxidation sites excluding steroid dienone is 2. The lowest BCUT2D eigenvalue weighted by Gasteiger charge is -1.97. The van der Waals surface area contributed by atoms with Crippen LogP contribution in [0.3, 0.4) is 0 Å². The highest BCUT2D eigenvalue weighted by molar-refractivity contribution is 5.90. The minimum absolute atomic E-state index is 0.284. The molecule has 1 aliphatic carbocycles. The molecule has 0 aromatic carbocycles. The van der Waals surface area contributed by atoms with Gasteiger partial charge in [0.15, 0.2) is 5.78 Å². The van der Waals surface area contributed by atoms with Crippen molar-refractivity contribution in [2.45, 2.75) is 39.5 Å². The lowest BCUT2D eigenvalue weighted by molar-refractivity contribution is -0.114. The lowest BCUT2D eigenvalue weighted by Crippen LogP contribution is -1.95. The van der Waals surface area contributed by atoms with Crippen LogP contribution in [0.2, 0.25) is 0 Å². The van der Waals surface area contributed by atoms with E-state index in [-0.39, 0.29) is 5.78 Å². The van der Waals surface area contributed by atoms with Crippen LogP contribution in [-0.4, -0.2) is 5.78 Å². The molecule has 1 aliphatic rings. The predicted octanol–water partition coefficient (Wildman–Crippen LogP) is 2.71. The van der Waals surface area contributed by atoms with Crippen molar-refractivity contribution >= 4 is 5.78 Å². The van der Waals surface area contributed by atoms with Crippen molar-refractivity contribution in [3.8, 4) is 0 Å². The molecule has 58 valence electrons. The molecule has 0 saturated heterocycles. The minimum Gasteiger partial charge on any atom is -0.295 e. The Morgan fingerprint density at radius 3 is 2.30 bits per heavy atom. The molecule has 0 unspecified atom stereocenters. The van der Waals surface area contributed by atoms with Gasteiger partial charge in [-0.25, -0.2) is 0 Å². The van der Waals surface area contributed by atoms with Crippen LogP contribution in [0.4, 0.5) is 0 Å². The molecule has 0 radical (unpaired) electrons. The monoisotopic (exact) mass is 140 g/mol. The standard InChI is InChI=1S/C6H8O.C3H8/c7-6-4-2-1-3-5-6;1-3-2/h2,4H,1,3,5H2;3H2,1-2H3. The van der Waals surface area contributed by atoms with Gasteiger partial charge in [-0.05, 0) is 18.9 Å². The molecular weight excluding hydrogens is 124 g/mol. The number of hydrogen-bond donors (Lipinski definition) is 0. The van der Waals surface area contributed by atoms with Crippen molar-refractivity contribution in [3.05, 3.63) is 12.2 Å². The summed E-state index contributed by atoms with van der Waals surface area (Å²) in [4.78, 5) is 10.4. The fraction of sp³-hybridized carbons (Fsp3) is 0.667. The molecular formula is C9H16O. The van der Waals surface area contributed by atoms with E-state index in [1.165, 1.54) is 6.42 Å². The molecule has 0 aromatic heterocycles. The Kier molecular flexibility index (Phi) is 6.14. The average molecular weight is 140 g/mol. The van der Waals surface area contributed by atoms with E-state index in [1.807, 2.05) is 6.08 Å². The van der Waals surface area contributed by atoms with Crippen LogP contribution >= 0.6 is 0 Å². The second-order valence-corrected chi connectivity index (χ2v) is 2.47. The van der Waals surface area contributed by atoms with Gasteiger partial charge in [0.2, 0.25) is 0 Å². The summed E-state index contributed by atoms with van der Waals surface area (Å²) in [6, 6.07) is 0. The fourth-order valence-corrected chi connectivity index (χ4v) is 0.692. The maximum atomic E-state index is 10.4. The van der Waals surface area contributed by atoms with Gasteiger partial charge < -0.3 is 0 Å². The van der Waals surface area contributed by atoms with E-state index >= 15 is 0 Å². The Morgan fingerprint density at radius 2 is 2.10 bits per heavy atom. The Hall–Kier alpha value is -0.590. The summed E-state index contributed by atoms with van der Waals surface area (Å²) in [6.45, 7) is 4.25. The van der Waals surface area contributed by atoms with Crippen molar-refractivity contribution in [2.75, 3.05) is 0 Å². The molecule has 1 nitrogen and oxygen atoms in total. The summed E-state index contributed by atoms with van der Waals surface area (Å²) in [5, 5.41) is 0. The molecule has 0 saturated carbocycles. The number of hydrogen-bond acceptors (Lipinski definition) is 1. The van der Waals surface area contributed by atoms with Crippen LogP contribution in [-0.2, 0) is 4.79 Å². The van der Waals surface area contributed by atoms with Gasteiger partial charge in [0.25, 0.3) is 0 Å². The van der Waals surface area contributed by atoms with Gasteiger partial charge in [-0.15, -0.1) is 0 Å². The van der Waals surface area contributed by atoms with Gasteiger partial charge in [-0.2, -0.15) is 0 Å². The molecule has 0 N–H and O–H groups in total. The van der Waals surface area contributed by atoms with E-state index in [0.717, 1.165) is 19.3 Å². The third kappa shape index (κ3) is 5.54. The second kappa shape index (κ2) is 6.53. The summed E-state index contributed by atoms with van der Waals surface area (Å²) in [5.74, 6) is 0.284. The first-order chi connectivity index (χ1) is 4.81. The van der Waals surface area contributed by atoms with E-state index in [2.05, 4.69) is 13.8 Å². The number of ketones is 1. The van der Waals surface area contributed by atoms with Gasteiger partial charge in [0.1, 0.15) is 0 Å². The third-order valence-corrected chi connectivity index (χ3v) is 1.10. The average Bonchev–Trinajstić information content (AvgIpc) is 1.91. The van der Waals surface area contributed by atoms with E-state index in [1.54, 1.807) is 6.08 Å². The zero-order valence-electron chi connectivity index (χ0n) is 6.89. The number of carbonyl (C=O) groups is 1. The molecule has 0 bridgehead atoms. The van der Waals surface area contributed by atoms with Crippen LogP contribution in [0.5, 0.6) is 0 Å². The van der Waals surface area contributed by atoms with Gasteiger partial charge in [-0.3, -0.25) is 4.79 Å². The summed E-state index contributed by atoms with van der Waals surface area (Å²) in [6.07, 6.45) is 7.76. The van der Waals surface area contributed by atoms with Crippen LogP contribution in [0, 0.1) is 0 Å². The summed E-state index contributed by atoms with van der Waals surface area (Å²) >= 11 is 0. The molecule has 1 rings (SSSR count). The Bertz CT molecular complexity index is 114. The summed E-state index contributed by atoms with van der Waals surface area (Å²) in [5.41, 5.74) is 0. The van der Waals surface area contributed by atoms with Gasteiger partial charge in [0, 0.05) is 6.42 Å². The third-order valence-electron chi connectivity index (χ3n) is 1.10. The Labute approximate surface area is 63.1 Å². The van der Waals surface area contributed by atoms with Crippen molar-refractivity contribution in [3.63, 3.8) is 0 Å². The molecule has 0 aliphatic heterocycles. The van der Waals surface area contributed by atoms with E-state index in [4.69, 9.17) is 0 Å². The normalized spacial score (nSPS) is 16.0. The first-order valence-electron chi connectivity index (χ1n) is 4.00. The van der Waals surface area contributed by atoms with E-state index < -0.39 is 0 Å². The zero-order valence-corrected chi connectivity index (χ0v) is 6.89. The van der Waals surface area contributed by atoms with Crippen LogP contribution in [0.15, 0.2) is 12.2 Å². The molecule has 0 fully saturated rings. The van der Waals surface area contributed by atoms with Crippen LogP contribution < -0.4 is 0 Å². The van der Waals surface area contributed by atoms with Gasteiger partial charge in [0.05, 0.1) is 0 Å². The fourth-order valence-electron chi connectivity index (χ4n) is 0.692.